The highest BCUT2D eigenvalue weighted by Gasteiger charge is 2.49. The van der Waals surface area contributed by atoms with Crippen LogP contribution in [0.4, 0.5) is 0 Å². The molecule has 6 heteroatoms. The Hall–Kier alpha value is -1.14. The van der Waals surface area contributed by atoms with E-state index in [4.69, 9.17) is 10.5 Å². The lowest BCUT2D eigenvalue weighted by molar-refractivity contribution is -0.166. The number of aliphatic hydroxyl groups excluding tert-OH is 1. The molecule has 0 spiro atoms. The van der Waals surface area contributed by atoms with Gasteiger partial charge in [0, 0.05) is 18.6 Å². The van der Waals surface area contributed by atoms with Gasteiger partial charge in [-0.2, -0.15) is 0 Å². The second-order valence-electron chi connectivity index (χ2n) is 6.73. The zero-order valence-electron chi connectivity index (χ0n) is 12.3. The highest BCUT2D eigenvalue weighted by molar-refractivity contribution is 5.89. The van der Waals surface area contributed by atoms with E-state index < -0.39 is 17.7 Å². The van der Waals surface area contributed by atoms with E-state index in [1.54, 1.807) is 4.90 Å². The largest absolute Gasteiger partial charge is 0.458 e. The number of hydrogen-bond acceptors (Lipinski definition) is 5. The fourth-order valence-electron chi connectivity index (χ4n) is 3.11. The van der Waals surface area contributed by atoms with E-state index in [9.17, 15) is 14.7 Å². The first kappa shape index (κ1) is 15.3. The van der Waals surface area contributed by atoms with Gasteiger partial charge in [0.15, 0.2) is 0 Å². The van der Waals surface area contributed by atoms with E-state index >= 15 is 0 Å². The normalized spacial score (nSPS) is 34.0. The monoisotopic (exact) mass is 284 g/mol. The molecule has 2 heterocycles. The average molecular weight is 284 g/mol. The molecule has 0 radical (unpaired) electrons. The third kappa shape index (κ3) is 2.81. The Bertz CT molecular complexity index is 404. The van der Waals surface area contributed by atoms with Crippen LogP contribution in [0.1, 0.15) is 40.0 Å². The average Bonchev–Trinajstić information content (AvgIpc) is 2.75. The van der Waals surface area contributed by atoms with Crippen molar-refractivity contribution in [1.29, 1.82) is 0 Å². The first-order valence-electron chi connectivity index (χ1n) is 7.16. The number of amides is 1. The summed E-state index contributed by atoms with van der Waals surface area (Å²) in [6.07, 6.45) is 2.03. The van der Waals surface area contributed by atoms with Crippen LogP contribution in [0.5, 0.6) is 0 Å². The molecule has 2 saturated heterocycles. The van der Waals surface area contributed by atoms with E-state index in [-0.39, 0.29) is 30.4 Å². The molecule has 2 aliphatic heterocycles. The molecule has 0 aromatic heterocycles. The summed E-state index contributed by atoms with van der Waals surface area (Å²) in [5, 5.41) is 9.28. The minimum absolute atomic E-state index is 0.00281. The standard InChI is InChI=1S/C14H24N2O4/c1-14(2,3)20-13(19)10-5-4-9-6-8(7-17)11(15)12(18)16(9)10/h8-11,17H,4-7,15H2,1-3H3. The first-order valence-corrected chi connectivity index (χ1v) is 7.16. The molecule has 0 aromatic carbocycles. The molecule has 114 valence electrons. The third-order valence-electron chi connectivity index (χ3n) is 4.04. The van der Waals surface area contributed by atoms with Crippen molar-refractivity contribution < 1.29 is 19.4 Å². The minimum atomic E-state index is -0.723. The Kier molecular flexibility index (Phi) is 4.07. The predicted octanol–water partition coefficient (Wildman–Crippen LogP) is 0.0272. The molecule has 0 bridgehead atoms. The number of rotatable bonds is 2. The van der Waals surface area contributed by atoms with E-state index in [0.717, 1.165) is 6.42 Å². The van der Waals surface area contributed by atoms with Crippen LogP contribution < -0.4 is 5.73 Å². The molecule has 0 aliphatic carbocycles. The quantitative estimate of drug-likeness (QED) is 0.698. The number of ether oxygens (including phenoxy) is 1. The smallest absolute Gasteiger partial charge is 0.329 e. The number of piperidine rings is 1. The summed E-state index contributed by atoms with van der Waals surface area (Å²) in [5.41, 5.74) is 5.31. The molecule has 0 aromatic rings. The third-order valence-corrected chi connectivity index (χ3v) is 4.04. The molecule has 4 unspecified atom stereocenters. The molecule has 4 atom stereocenters. The first-order chi connectivity index (χ1) is 9.24. The summed E-state index contributed by atoms with van der Waals surface area (Å²) in [5.74, 6) is -0.808. The zero-order valence-corrected chi connectivity index (χ0v) is 12.3. The number of carbonyl (C=O) groups is 2. The summed E-state index contributed by atoms with van der Waals surface area (Å²) in [6.45, 7) is 5.34. The maximum Gasteiger partial charge on any atom is 0.329 e. The molecule has 2 aliphatic rings. The lowest BCUT2D eigenvalue weighted by Gasteiger charge is -2.40. The number of hydrogen-bond donors (Lipinski definition) is 2. The molecule has 20 heavy (non-hydrogen) atoms. The number of esters is 1. The van der Waals surface area contributed by atoms with E-state index in [1.165, 1.54) is 0 Å². The van der Waals surface area contributed by atoms with Gasteiger partial charge >= 0.3 is 5.97 Å². The molecule has 6 nitrogen and oxygen atoms in total. The summed E-state index contributed by atoms with van der Waals surface area (Å²) < 4.78 is 5.38. The van der Waals surface area contributed by atoms with Crippen LogP contribution in [-0.4, -0.2) is 52.2 Å². The van der Waals surface area contributed by atoms with Crippen molar-refractivity contribution in [1.82, 2.24) is 4.90 Å². The van der Waals surface area contributed by atoms with Crippen LogP contribution >= 0.6 is 0 Å². The Balaban J connectivity index is 2.12. The van der Waals surface area contributed by atoms with Gasteiger partial charge in [-0.25, -0.2) is 4.79 Å². The van der Waals surface area contributed by atoms with Crippen molar-refractivity contribution in [3.63, 3.8) is 0 Å². The summed E-state index contributed by atoms with van der Waals surface area (Å²) in [6, 6.07) is -1.26. The van der Waals surface area contributed by atoms with Gasteiger partial charge in [0.1, 0.15) is 11.6 Å². The molecule has 2 rings (SSSR count). The van der Waals surface area contributed by atoms with Crippen molar-refractivity contribution in [2.24, 2.45) is 11.7 Å². The van der Waals surface area contributed by atoms with E-state index in [1.807, 2.05) is 20.8 Å². The molecule has 3 N–H and O–H groups in total. The zero-order chi connectivity index (χ0) is 15.1. The second kappa shape index (κ2) is 5.33. The Morgan fingerprint density at radius 1 is 1.45 bits per heavy atom. The predicted molar refractivity (Wildman–Crippen MR) is 72.7 cm³/mol. The minimum Gasteiger partial charge on any atom is -0.458 e. The van der Waals surface area contributed by atoms with Gasteiger partial charge in [-0.1, -0.05) is 0 Å². The molecule has 0 saturated carbocycles. The molecule has 2 fully saturated rings. The fourth-order valence-corrected chi connectivity index (χ4v) is 3.11. The van der Waals surface area contributed by atoms with Crippen molar-refractivity contribution in [3.05, 3.63) is 0 Å². The SMILES string of the molecule is CC(C)(C)OC(=O)C1CCC2CC(CO)C(N)C(=O)N21. The number of fused-ring (bicyclic) bond motifs is 1. The lowest BCUT2D eigenvalue weighted by atomic mass is 9.87. The second-order valence-corrected chi connectivity index (χ2v) is 6.73. The highest BCUT2D eigenvalue weighted by Crippen LogP contribution is 2.35. The van der Waals surface area contributed by atoms with E-state index in [2.05, 4.69) is 0 Å². The van der Waals surface area contributed by atoms with Crippen LogP contribution in [0.15, 0.2) is 0 Å². The maximum atomic E-state index is 12.3. The maximum absolute atomic E-state index is 12.3. The summed E-state index contributed by atoms with van der Waals surface area (Å²) in [4.78, 5) is 26.1. The Morgan fingerprint density at radius 2 is 2.10 bits per heavy atom. The van der Waals surface area contributed by atoms with Crippen LogP contribution in [-0.2, 0) is 14.3 Å². The highest BCUT2D eigenvalue weighted by atomic mass is 16.6. The van der Waals surface area contributed by atoms with Gasteiger partial charge in [0.2, 0.25) is 5.91 Å². The topological polar surface area (TPSA) is 92.9 Å². The van der Waals surface area contributed by atoms with Gasteiger partial charge in [-0.3, -0.25) is 4.79 Å². The number of nitrogens with zero attached hydrogens (tertiary/aromatic N) is 1. The number of carbonyl (C=O) groups excluding carboxylic acids is 2. The van der Waals surface area contributed by atoms with Crippen LogP contribution in [0.2, 0.25) is 0 Å². The van der Waals surface area contributed by atoms with Crippen molar-refractivity contribution in [3.8, 4) is 0 Å². The van der Waals surface area contributed by atoms with Crippen LogP contribution in [0, 0.1) is 5.92 Å². The Morgan fingerprint density at radius 3 is 2.65 bits per heavy atom. The van der Waals surface area contributed by atoms with Gasteiger partial charge in [-0.05, 0) is 40.0 Å². The summed E-state index contributed by atoms with van der Waals surface area (Å²) in [7, 11) is 0. The van der Waals surface area contributed by atoms with Crippen molar-refractivity contribution in [2.75, 3.05) is 6.61 Å². The summed E-state index contributed by atoms with van der Waals surface area (Å²) >= 11 is 0. The van der Waals surface area contributed by atoms with Gasteiger partial charge in [0.25, 0.3) is 0 Å². The van der Waals surface area contributed by atoms with Crippen LogP contribution in [0.3, 0.4) is 0 Å². The number of aliphatic hydroxyl groups is 1. The van der Waals surface area contributed by atoms with Crippen LogP contribution in [0.25, 0.3) is 0 Å². The van der Waals surface area contributed by atoms with Gasteiger partial charge in [-0.15, -0.1) is 0 Å². The van der Waals surface area contributed by atoms with Crippen molar-refractivity contribution >= 4 is 11.9 Å². The Labute approximate surface area is 119 Å². The van der Waals surface area contributed by atoms with E-state index in [0.29, 0.717) is 12.8 Å². The molecular formula is C14H24N2O4. The fraction of sp³-hybridized carbons (Fsp3) is 0.857. The molecular weight excluding hydrogens is 260 g/mol. The van der Waals surface area contributed by atoms with Crippen molar-refractivity contribution in [2.45, 2.75) is 63.8 Å². The van der Waals surface area contributed by atoms with Gasteiger partial charge < -0.3 is 20.5 Å². The number of nitrogens with two attached hydrogens (primary N) is 1. The van der Waals surface area contributed by atoms with Gasteiger partial charge in [0.05, 0.1) is 6.04 Å². The molecule has 1 amide bonds. The lowest BCUT2D eigenvalue weighted by Crippen LogP contribution is -2.59.